The molecule has 5 rings (SSSR count). The minimum atomic E-state index is -4.79. The molecule has 3 aromatic rings. The van der Waals surface area contributed by atoms with Crippen LogP contribution in [-0.4, -0.2) is 34.7 Å². The second-order valence-corrected chi connectivity index (χ2v) is 13.0. The molecule has 1 saturated heterocycles. The minimum Gasteiger partial charge on any atom is -0.478 e. The number of aromatic carboxylic acids is 1. The lowest BCUT2D eigenvalue weighted by Crippen LogP contribution is -2.35. The Labute approximate surface area is 266 Å². The van der Waals surface area contributed by atoms with Gasteiger partial charge in [-0.05, 0) is 109 Å². The molecule has 2 aliphatic rings. The number of aryl methyl sites for hydroxylation is 1. The average Bonchev–Trinajstić information content (AvgIpc) is 3.23. The van der Waals surface area contributed by atoms with Gasteiger partial charge in [0.05, 0.1) is 22.7 Å². The number of amides is 1. The van der Waals surface area contributed by atoms with Crippen LogP contribution in [0.5, 0.6) is 0 Å². The third-order valence-corrected chi connectivity index (χ3v) is 8.82. The van der Waals surface area contributed by atoms with E-state index in [-0.39, 0.29) is 39.8 Å². The van der Waals surface area contributed by atoms with Crippen molar-refractivity contribution in [2.45, 2.75) is 71.5 Å². The summed E-state index contributed by atoms with van der Waals surface area (Å²) in [6.45, 7) is 7.09. The van der Waals surface area contributed by atoms with Crippen molar-refractivity contribution >= 4 is 17.6 Å². The number of carbonyl (C=O) groups is 2. The third kappa shape index (κ3) is 7.16. The van der Waals surface area contributed by atoms with Crippen LogP contribution in [0.2, 0.25) is 0 Å². The molecule has 0 aromatic heterocycles. The topological polar surface area (TPSA) is 66.8 Å². The number of carbonyl (C=O) groups excluding carboxylic acids is 1. The van der Waals surface area contributed by atoms with Gasteiger partial charge in [0.25, 0.3) is 0 Å². The number of nitrogens with zero attached hydrogens (tertiary/aromatic N) is 1. The summed E-state index contributed by atoms with van der Waals surface area (Å²) in [5.74, 6) is -2.39. The lowest BCUT2D eigenvalue weighted by atomic mass is 9.72. The number of allylic oxidation sites excluding steroid dienone is 1. The zero-order valence-corrected chi connectivity index (χ0v) is 25.9. The molecule has 1 aliphatic carbocycles. The van der Waals surface area contributed by atoms with Gasteiger partial charge in [-0.15, -0.1) is 0 Å². The van der Waals surface area contributed by atoms with E-state index >= 15 is 4.39 Å². The van der Waals surface area contributed by atoms with Crippen molar-refractivity contribution < 1.29 is 50.2 Å². The SMILES string of the molecule is Cc1cc([C@H]2OC(=O)N(CC3=C(c4cc(-c5ccc(C(=O)O)cc5F)cc(C(F)(F)F)c4)CCC(C)(C)C3)[C@H]2C)cc(C(F)(F)F)c1. The van der Waals surface area contributed by atoms with Crippen LogP contribution in [-0.2, 0) is 17.1 Å². The number of carboxylic acids is 1. The number of carboxylic acid groups (broad SMARTS) is 1. The van der Waals surface area contributed by atoms with Crippen LogP contribution >= 0.6 is 0 Å². The Morgan fingerprint density at radius 3 is 2.21 bits per heavy atom. The molecule has 250 valence electrons. The summed E-state index contributed by atoms with van der Waals surface area (Å²) < 4.78 is 104. The second-order valence-electron chi connectivity index (χ2n) is 13.0. The Bertz CT molecular complexity index is 1770. The fraction of sp³-hybridized carbons (Fsp3) is 0.371. The predicted molar refractivity (Wildman–Crippen MR) is 160 cm³/mol. The number of alkyl halides is 6. The highest BCUT2D eigenvalue weighted by Gasteiger charge is 2.43. The fourth-order valence-electron chi connectivity index (χ4n) is 6.42. The van der Waals surface area contributed by atoms with Crippen molar-refractivity contribution in [1.29, 1.82) is 0 Å². The van der Waals surface area contributed by atoms with Gasteiger partial charge in [0, 0.05) is 12.1 Å². The molecule has 1 fully saturated rings. The molecule has 1 heterocycles. The smallest absolute Gasteiger partial charge is 0.416 e. The van der Waals surface area contributed by atoms with Gasteiger partial charge in [-0.2, -0.15) is 26.3 Å². The molecule has 1 N–H and O–H groups in total. The molecule has 3 aromatic carbocycles. The highest BCUT2D eigenvalue weighted by molar-refractivity contribution is 5.88. The van der Waals surface area contributed by atoms with Gasteiger partial charge >= 0.3 is 24.4 Å². The summed E-state index contributed by atoms with van der Waals surface area (Å²) in [6.07, 6.45) is -9.83. The maximum absolute atomic E-state index is 15.0. The maximum atomic E-state index is 15.0. The summed E-state index contributed by atoms with van der Waals surface area (Å²) in [6, 6.07) is 8.93. The van der Waals surface area contributed by atoms with Gasteiger partial charge in [0.1, 0.15) is 11.9 Å². The van der Waals surface area contributed by atoms with Gasteiger partial charge < -0.3 is 9.84 Å². The van der Waals surface area contributed by atoms with E-state index in [1.165, 1.54) is 24.0 Å². The summed E-state index contributed by atoms with van der Waals surface area (Å²) in [5, 5.41) is 9.20. The molecule has 47 heavy (non-hydrogen) atoms. The first kappa shape index (κ1) is 34.0. The molecule has 0 unspecified atom stereocenters. The highest BCUT2D eigenvalue weighted by Crippen LogP contribution is 2.46. The first-order valence-corrected chi connectivity index (χ1v) is 14.9. The van der Waals surface area contributed by atoms with E-state index < -0.39 is 53.5 Å². The molecular formula is C35H32F7NO4. The lowest BCUT2D eigenvalue weighted by Gasteiger charge is -2.35. The molecule has 0 bridgehead atoms. The van der Waals surface area contributed by atoms with Crippen LogP contribution in [0.4, 0.5) is 35.5 Å². The number of hydrogen-bond acceptors (Lipinski definition) is 3. The highest BCUT2D eigenvalue weighted by atomic mass is 19.4. The quantitative estimate of drug-likeness (QED) is 0.267. The van der Waals surface area contributed by atoms with E-state index in [1.807, 2.05) is 13.8 Å². The molecule has 2 atom stereocenters. The number of benzene rings is 3. The van der Waals surface area contributed by atoms with Crippen LogP contribution in [0, 0.1) is 18.2 Å². The molecule has 0 spiro atoms. The summed E-state index contributed by atoms with van der Waals surface area (Å²) in [5.41, 5.74) is -0.980. The Balaban J connectivity index is 1.57. The Kier molecular flexibility index (Phi) is 8.70. The minimum absolute atomic E-state index is 0.0412. The zero-order valence-electron chi connectivity index (χ0n) is 25.9. The number of halogens is 7. The summed E-state index contributed by atoms with van der Waals surface area (Å²) in [4.78, 5) is 25.8. The summed E-state index contributed by atoms with van der Waals surface area (Å²) >= 11 is 0. The second kappa shape index (κ2) is 12.0. The van der Waals surface area contributed by atoms with Crippen LogP contribution < -0.4 is 0 Å². The van der Waals surface area contributed by atoms with E-state index in [0.29, 0.717) is 36.0 Å². The van der Waals surface area contributed by atoms with E-state index in [9.17, 15) is 41.0 Å². The van der Waals surface area contributed by atoms with Crippen molar-refractivity contribution in [3.63, 3.8) is 0 Å². The standard InChI is InChI=1S/C35H32F7NO4/c1-18-9-23(14-25(10-18)34(37,38)39)30-19(2)43(32(46)47-30)17-24-16-33(3,4)8-7-27(24)21-11-22(13-26(12-21)35(40,41)42)28-6-5-20(31(44)45)15-29(28)36/h5-6,9-15,19,30H,7-8,16-17H2,1-4H3,(H,44,45)/t19-,30-/m0/s1. The van der Waals surface area contributed by atoms with Gasteiger partial charge in [0.15, 0.2) is 0 Å². The first-order valence-electron chi connectivity index (χ1n) is 14.9. The normalized spacial score (nSPS) is 20.1. The number of hydrogen-bond donors (Lipinski definition) is 1. The van der Waals surface area contributed by atoms with Gasteiger partial charge in [-0.1, -0.05) is 31.5 Å². The van der Waals surface area contributed by atoms with Crippen LogP contribution in [0.1, 0.15) is 84.3 Å². The van der Waals surface area contributed by atoms with E-state index in [1.54, 1.807) is 6.92 Å². The van der Waals surface area contributed by atoms with Crippen LogP contribution in [0.25, 0.3) is 16.7 Å². The van der Waals surface area contributed by atoms with Gasteiger partial charge in [0.2, 0.25) is 0 Å². The monoisotopic (exact) mass is 663 g/mol. The lowest BCUT2D eigenvalue weighted by molar-refractivity contribution is -0.138. The molecule has 0 radical (unpaired) electrons. The van der Waals surface area contributed by atoms with Crippen LogP contribution in [0.3, 0.4) is 0 Å². The molecule has 0 saturated carbocycles. The van der Waals surface area contributed by atoms with E-state index in [2.05, 4.69) is 0 Å². The van der Waals surface area contributed by atoms with Crippen molar-refractivity contribution in [3.8, 4) is 11.1 Å². The molecule has 1 amide bonds. The number of rotatable bonds is 6. The van der Waals surface area contributed by atoms with Crippen molar-refractivity contribution in [2.24, 2.45) is 5.41 Å². The fourth-order valence-corrected chi connectivity index (χ4v) is 6.42. The molecular weight excluding hydrogens is 631 g/mol. The first-order chi connectivity index (χ1) is 21.7. The zero-order chi connectivity index (χ0) is 34.6. The Hall–Kier alpha value is -4.35. The van der Waals surface area contributed by atoms with Crippen molar-refractivity contribution in [2.75, 3.05) is 6.54 Å². The largest absolute Gasteiger partial charge is 0.478 e. The average molecular weight is 664 g/mol. The number of ether oxygens (including phenoxy) is 1. The van der Waals surface area contributed by atoms with Crippen molar-refractivity contribution in [3.05, 3.63) is 99.4 Å². The Morgan fingerprint density at radius 2 is 1.60 bits per heavy atom. The third-order valence-electron chi connectivity index (χ3n) is 8.82. The van der Waals surface area contributed by atoms with E-state index in [4.69, 9.17) is 4.74 Å². The predicted octanol–water partition coefficient (Wildman–Crippen LogP) is 10.1. The van der Waals surface area contributed by atoms with Crippen LogP contribution in [0.15, 0.2) is 60.2 Å². The molecule has 5 nitrogen and oxygen atoms in total. The summed E-state index contributed by atoms with van der Waals surface area (Å²) in [7, 11) is 0. The molecule has 12 heteroatoms. The van der Waals surface area contributed by atoms with Gasteiger partial charge in [-0.25, -0.2) is 14.0 Å². The van der Waals surface area contributed by atoms with E-state index in [0.717, 1.165) is 42.5 Å². The maximum Gasteiger partial charge on any atom is 0.416 e. The molecule has 1 aliphatic heterocycles. The Morgan fingerprint density at radius 1 is 0.957 bits per heavy atom. The van der Waals surface area contributed by atoms with Gasteiger partial charge in [-0.3, -0.25) is 4.90 Å². The number of cyclic esters (lactones) is 1. The van der Waals surface area contributed by atoms with Crippen molar-refractivity contribution in [1.82, 2.24) is 4.90 Å².